The van der Waals surface area contributed by atoms with Crippen LogP contribution in [0.5, 0.6) is 0 Å². The van der Waals surface area contributed by atoms with Gasteiger partial charge in [0.25, 0.3) is 0 Å². The lowest BCUT2D eigenvalue weighted by Gasteiger charge is -2.22. The first-order valence-electron chi connectivity index (χ1n) is 13.9. The van der Waals surface area contributed by atoms with Gasteiger partial charge in [-0.1, -0.05) is 23.7 Å². The molecule has 0 unspecified atom stereocenters. The highest BCUT2D eigenvalue weighted by Crippen LogP contribution is 2.39. The van der Waals surface area contributed by atoms with E-state index in [0.717, 1.165) is 79.5 Å². The molecule has 2 aliphatic heterocycles. The van der Waals surface area contributed by atoms with E-state index in [-0.39, 0.29) is 12.3 Å². The summed E-state index contributed by atoms with van der Waals surface area (Å²) in [6.07, 6.45) is 5.77. The van der Waals surface area contributed by atoms with Gasteiger partial charge in [0.15, 0.2) is 5.82 Å². The van der Waals surface area contributed by atoms with Crippen molar-refractivity contribution in [2.24, 2.45) is 4.99 Å². The third-order valence-electron chi connectivity index (χ3n) is 7.52. The monoisotopic (exact) mass is 568 g/mol. The van der Waals surface area contributed by atoms with Crippen molar-refractivity contribution in [2.45, 2.75) is 71.4 Å². The Kier molecular flexibility index (Phi) is 9.12. The van der Waals surface area contributed by atoms with E-state index in [2.05, 4.69) is 39.2 Å². The van der Waals surface area contributed by atoms with E-state index >= 15 is 0 Å². The van der Waals surface area contributed by atoms with Crippen molar-refractivity contribution in [1.82, 2.24) is 25.4 Å². The molecule has 0 radical (unpaired) electrons. The van der Waals surface area contributed by atoms with Crippen LogP contribution < -0.4 is 10.6 Å². The van der Waals surface area contributed by atoms with Gasteiger partial charge in [-0.2, -0.15) is 0 Å². The average Bonchev–Trinajstić information content (AvgIpc) is 3.41. The third-order valence-corrected chi connectivity index (χ3v) is 8.96. The minimum absolute atomic E-state index is 0.0319. The Hall–Kier alpha value is -2.59. The highest BCUT2D eigenvalue weighted by Gasteiger charge is 2.32. The van der Waals surface area contributed by atoms with Gasteiger partial charge in [0.05, 0.1) is 18.2 Å². The smallest absolute Gasteiger partial charge is 0.222 e. The van der Waals surface area contributed by atoms with Crippen LogP contribution in [0.4, 0.5) is 0 Å². The van der Waals surface area contributed by atoms with Crippen LogP contribution in [0.25, 0.3) is 5.00 Å². The average molecular weight is 569 g/mol. The molecule has 2 N–H and O–H groups in total. The van der Waals surface area contributed by atoms with E-state index in [9.17, 15) is 4.79 Å². The van der Waals surface area contributed by atoms with Gasteiger partial charge in [-0.3, -0.25) is 14.4 Å². The number of piperidine rings is 1. The lowest BCUT2D eigenvalue weighted by molar-refractivity contribution is -0.121. The Morgan fingerprint density at radius 2 is 1.90 bits per heavy atom. The second-order valence-corrected chi connectivity index (χ2v) is 12.0. The van der Waals surface area contributed by atoms with Gasteiger partial charge in [0.1, 0.15) is 16.9 Å². The molecule has 8 nitrogen and oxygen atoms in total. The molecule has 0 bridgehead atoms. The molecule has 39 heavy (non-hydrogen) atoms. The van der Waals surface area contributed by atoms with Crippen LogP contribution in [0.2, 0.25) is 5.02 Å². The number of rotatable bonds is 10. The van der Waals surface area contributed by atoms with Crippen molar-refractivity contribution in [3.8, 4) is 5.00 Å². The number of halogens is 1. The van der Waals surface area contributed by atoms with Crippen LogP contribution in [0.3, 0.4) is 0 Å². The van der Waals surface area contributed by atoms with E-state index in [0.29, 0.717) is 23.5 Å². The van der Waals surface area contributed by atoms with Gasteiger partial charge >= 0.3 is 0 Å². The molecule has 2 aliphatic rings. The zero-order valence-electron chi connectivity index (χ0n) is 22.9. The number of unbranched alkanes of at least 4 members (excludes halogenated alkanes) is 2. The highest BCUT2D eigenvalue weighted by atomic mass is 35.5. The summed E-state index contributed by atoms with van der Waals surface area (Å²) >= 11 is 7.90. The predicted molar refractivity (Wildman–Crippen MR) is 157 cm³/mol. The minimum atomic E-state index is -0.449. The Balaban J connectivity index is 1.26. The number of thiophene rings is 1. The molecule has 1 amide bonds. The Morgan fingerprint density at radius 3 is 2.67 bits per heavy atom. The number of amides is 1. The van der Waals surface area contributed by atoms with E-state index < -0.39 is 6.04 Å². The number of fused-ring (bicyclic) bond motifs is 3. The number of nitrogens with zero attached hydrogens (tertiary/aromatic N) is 4. The topological polar surface area (TPSA) is 93.4 Å². The summed E-state index contributed by atoms with van der Waals surface area (Å²) in [5.41, 5.74) is 4.07. The van der Waals surface area contributed by atoms with Crippen molar-refractivity contribution >= 4 is 34.6 Å². The predicted octanol–water partition coefficient (Wildman–Crippen LogP) is 5.24. The van der Waals surface area contributed by atoms with Crippen molar-refractivity contribution in [1.29, 1.82) is 0 Å². The van der Waals surface area contributed by atoms with E-state index in [1.54, 1.807) is 11.3 Å². The molecular weight excluding hydrogens is 532 g/mol. The van der Waals surface area contributed by atoms with Crippen LogP contribution in [0, 0.1) is 20.8 Å². The third kappa shape index (κ3) is 6.43. The van der Waals surface area contributed by atoms with Crippen LogP contribution in [-0.2, 0) is 9.53 Å². The van der Waals surface area contributed by atoms with Gasteiger partial charge in [0, 0.05) is 34.2 Å². The molecule has 0 aliphatic carbocycles. The molecule has 1 saturated heterocycles. The summed E-state index contributed by atoms with van der Waals surface area (Å²) in [7, 11) is 0. The van der Waals surface area contributed by atoms with Crippen molar-refractivity contribution < 1.29 is 9.53 Å². The standard InChI is InChI=1S/C29H37ClN6O2S/c1-18-19(2)39-29-26(18)27(21-7-9-22(30)10-8-21)33-24(28-35-34-20(3)36(28)29)17-25(37)32-13-5-4-6-16-38-23-11-14-31-15-12-23/h7-10,23-24,31H,4-6,11-17H2,1-3H3,(H,32,37)/t24-/m0/s1. The molecule has 0 saturated carbocycles. The Bertz CT molecular complexity index is 1330. The van der Waals surface area contributed by atoms with Gasteiger partial charge in [-0.15, -0.1) is 21.5 Å². The molecule has 2 aromatic heterocycles. The second-order valence-electron chi connectivity index (χ2n) is 10.3. The zero-order chi connectivity index (χ0) is 27.4. The molecule has 5 rings (SSSR count). The first-order valence-corrected chi connectivity index (χ1v) is 15.1. The fourth-order valence-electron chi connectivity index (χ4n) is 5.22. The number of ether oxygens (including phenoxy) is 1. The molecule has 3 aromatic rings. The second kappa shape index (κ2) is 12.7. The fourth-order valence-corrected chi connectivity index (χ4v) is 6.56. The molecule has 208 valence electrons. The number of benzene rings is 1. The molecule has 4 heterocycles. The Morgan fingerprint density at radius 1 is 1.13 bits per heavy atom. The summed E-state index contributed by atoms with van der Waals surface area (Å²) in [4.78, 5) is 19.5. The van der Waals surface area contributed by atoms with Gasteiger partial charge in [0.2, 0.25) is 5.91 Å². The van der Waals surface area contributed by atoms with Crippen LogP contribution >= 0.6 is 22.9 Å². The van der Waals surface area contributed by atoms with Crippen molar-refractivity contribution in [3.05, 3.63) is 62.5 Å². The molecule has 0 spiro atoms. The lowest BCUT2D eigenvalue weighted by atomic mass is 9.99. The zero-order valence-corrected chi connectivity index (χ0v) is 24.5. The molecule has 1 aromatic carbocycles. The van der Waals surface area contributed by atoms with Crippen LogP contribution in [0.1, 0.15) is 77.8 Å². The number of aryl methyl sites for hydroxylation is 2. The summed E-state index contributed by atoms with van der Waals surface area (Å²) in [6, 6.07) is 7.28. The lowest BCUT2D eigenvalue weighted by Crippen LogP contribution is -2.32. The maximum atomic E-state index is 13.1. The number of carbonyl (C=O) groups excluding carboxylic acids is 1. The summed E-state index contributed by atoms with van der Waals surface area (Å²) in [5, 5.41) is 17.0. The van der Waals surface area contributed by atoms with E-state index in [4.69, 9.17) is 21.3 Å². The largest absolute Gasteiger partial charge is 0.378 e. The summed E-state index contributed by atoms with van der Waals surface area (Å²) < 4.78 is 8.06. The first-order chi connectivity index (χ1) is 18.9. The van der Waals surface area contributed by atoms with E-state index in [1.165, 1.54) is 10.4 Å². The number of aromatic nitrogens is 3. The van der Waals surface area contributed by atoms with E-state index in [1.807, 2.05) is 31.2 Å². The van der Waals surface area contributed by atoms with Crippen LogP contribution in [0.15, 0.2) is 29.3 Å². The van der Waals surface area contributed by atoms with Crippen molar-refractivity contribution in [3.63, 3.8) is 0 Å². The van der Waals surface area contributed by atoms with Gasteiger partial charge in [-0.05, 0) is 83.7 Å². The summed E-state index contributed by atoms with van der Waals surface area (Å²) in [6.45, 7) is 9.73. The minimum Gasteiger partial charge on any atom is -0.378 e. The highest BCUT2D eigenvalue weighted by molar-refractivity contribution is 7.15. The SMILES string of the molecule is Cc1sc2c(c1C)C(c1ccc(Cl)cc1)=N[C@@H](CC(=O)NCCCCCOC1CCNCC1)c1nnc(C)n1-2. The number of aliphatic imine (C=N–C) groups is 1. The number of nitrogens with one attached hydrogen (secondary N) is 2. The normalized spacial score (nSPS) is 17.3. The molecule has 10 heteroatoms. The van der Waals surface area contributed by atoms with Gasteiger partial charge in [-0.25, -0.2) is 0 Å². The molecular formula is C29H37ClN6O2S. The molecule has 1 fully saturated rings. The first kappa shape index (κ1) is 28.0. The maximum absolute atomic E-state index is 13.1. The quantitative estimate of drug-likeness (QED) is 0.326. The van der Waals surface area contributed by atoms with Gasteiger partial charge < -0.3 is 15.4 Å². The maximum Gasteiger partial charge on any atom is 0.222 e. The fraction of sp³-hybridized carbons (Fsp3) is 0.517. The molecule has 1 atom stereocenters. The Labute approximate surface area is 239 Å². The van der Waals surface area contributed by atoms with Crippen molar-refractivity contribution in [2.75, 3.05) is 26.2 Å². The van der Waals surface area contributed by atoms with Crippen LogP contribution in [-0.4, -0.2) is 58.7 Å². The summed E-state index contributed by atoms with van der Waals surface area (Å²) in [5.74, 6) is 1.46. The number of hydrogen-bond donors (Lipinski definition) is 2. The number of hydrogen-bond acceptors (Lipinski definition) is 7. The number of carbonyl (C=O) groups is 1.